The average molecular weight is 393 g/mol. The minimum atomic E-state index is -3.47. The number of aliphatic hydroxyl groups excluding tert-OH is 1. The van der Waals surface area contributed by atoms with Gasteiger partial charge in [-0.2, -0.15) is 0 Å². The van der Waals surface area contributed by atoms with Gasteiger partial charge in [0.05, 0.1) is 30.0 Å². The van der Waals surface area contributed by atoms with Crippen LogP contribution in [0.1, 0.15) is 10.4 Å². The fraction of sp³-hybridized carbons (Fsp3) is 0.444. The summed E-state index contributed by atoms with van der Waals surface area (Å²) < 4.78 is 30.6. The number of nitrogens with zero attached hydrogens (tertiary/aromatic N) is 3. The van der Waals surface area contributed by atoms with Crippen molar-refractivity contribution >= 4 is 26.8 Å². The molecule has 0 spiro atoms. The Hall–Kier alpha value is -2.23. The number of aromatic nitrogens is 1. The molecule has 3 rings (SSSR count). The number of ether oxygens (including phenoxy) is 1. The highest BCUT2D eigenvalue weighted by Gasteiger charge is 2.38. The van der Waals surface area contributed by atoms with Gasteiger partial charge in [0, 0.05) is 44.6 Å². The number of β-amino-alcohol motifs (C(OH)–C–C–N with tert-alkyl or cyclic N) is 1. The van der Waals surface area contributed by atoms with Crippen molar-refractivity contribution < 1.29 is 23.1 Å². The maximum absolute atomic E-state index is 13.1. The van der Waals surface area contributed by atoms with E-state index in [1.54, 1.807) is 18.2 Å². The Balaban J connectivity index is 1.88. The summed E-state index contributed by atoms with van der Waals surface area (Å²) in [6.07, 6.45) is -0.890. The number of aliphatic hydroxyl groups is 1. The summed E-state index contributed by atoms with van der Waals surface area (Å²) in [5, 5.41) is 11.0. The summed E-state index contributed by atoms with van der Waals surface area (Å²) in [6.45, 7) is 0.261. The van der Waals surface area contributed by atoms with Crippen LogP contribution in [0.2, 0.25) is 0 Å². The highest BCUT2D eigenvalue weighted by atomic mass is 32.2. The van der Waals surface area contributed by atoms with Gasteiger partial charge < -0.3 is 14.7 Å². The lowest BCUT2D eigenvalue weighted by atomic mass is 10.1. The van der Waals surface area contributed by atoms with E-state index in [0.29, 0.717) is 22.3 Å². The van der Waals surface area contributed by atoms with Crippen LogP contribution < -0.4 is 4.74 Å². The summed E-state index contributed by atoms with van der Waals surface area (Å²) in [6, 6.07) is 8.81. The van der Waals surface area contributed by atoms with Crippen LogP contribution in [-0.2, 0) is 10.0 Å². The van der Waals surface area contributed by atoms with Crippen molar-refractivity contribution in [1.29, 1.82) is 0 Å². The quantitative estimate of drug-likeness (QED) is 0.797. The van der Waals surface area contributed by atoms with Gasteiger partial charge in [0.15, 0.2) is 0 Å². The van der Waals surface area contributed by atoms with E-state index in [1.165, 1.54) is 26.1 Å². The minimum absolute atomic E-state index is 0.0887. The zero-order valence-corrected chi connectivity index (χ0v) is 16.3. The molecule has 146 valence electrons. The van der Waals surface area contributed by atoms with Crippen molar-refractivity contribution in [3.63, 3.8) is 0 Å². The lowest BCUT2D eigenvalue weighted by Crippen LogP contribution is -2.33. The number of hydrogen-bond acceptors (Lipinski definition) is 6. The third kappa shape index (κ3) is 3.90. The van der Waals surface area contributed by atoms with Crippen LogP contribution in [0.3, 0.4) is 0 Å². The Morgan fingerprint density at radius 3 is 2.70 bits per heavy atom. The van der Waals surface area contributed by atoms with E-state index >= 15 is 0 Å². The molecule has 1 aromatic carbocycles. The molecule has 2 aromatic rings. The number of carbonyl (C=O) groups excluding carboxylic acids is 1. The predicted molar refractivity (Wildman–Crippen MR) is 101 cm³/mol. The molecule has 9 heteroatoms. The van der Waals surface area contributed by atoms with Gasteiger partial charge in [0.2, 0.25) is 15.9 Å². The lowest BCUT2D eigenvalue weighted by Gasteiger charge is -2.19. The second kappa shape index (κ2) is 7.41. The average Bonchev–Trinajstić information content (AvgIpc) is 2.99. The number of fused-ring (bicyclic) bond motifs is 1. The number of benzene rings is 1. The summed E-state index contributed by atoms with van der Waals surface area (Å²) in [5.41, 5.74) is 1.05. The number of amides is 1. The molecule has 0 radical (unpaired) electrons. The van der Waals surface area contributed by atoms with Crippen molar-refractivity contribution in [3.8, 4) is 5.88 Å². The molecule has 0 saturated carbocycles. The standard InChI is InChI=1S/C18H23N3O5S/c1-20(2)27(24,25)11-12-9-21(10-16(12)22)18(23)14-8-17(26-3)19-15-7-5-4-6-13(14)15/h4-8,12,16,22H,9-11H2,1-3H3/t12-,16+/m0/s1. The van der Waals surface area contributed by atoms with Crippen LogP contribution in [0.25, 0.3) is 10.9 Å². The van der Waals surface area contributed by atoms with Crippen LogP contribution in [-0.4, -0.2) is 79.8 Å². The van der Waals surface area contributed by atoms with Gasteiger partial charge in [-0.15, -0.1) is 0 Å². The SMILES string of the molecule is COc1cc(C(=O)N2C[C@@H](CS(=O)(=O)N(C)C)[C@H](O)C2)c2ccccc2n1. The highest BCUT2D eigenvalue weighted by molar-refractivity contribution is 7.89. The van der Waals surface area contributed by atoms with E-state index in [9.17, 15) is 18.3 Å². The summed E-state index contributed by atoms with van der Waals surface area (Å²) in [7, 11) is 0.918. The predicted octanol–water partition coefficient (Wildman–Crippen LogP) is 0.568. The Labute approximate surface area is 158 Å². The van der Waals surface area contributed by atoms with Crippen LogP contribution in [0.4, 0.5) is 0 Å². The normalized spacial score (nSPS) is 20.4. The Morgan fingerprint density at radius 1 is 1.33 bits per heavy atom. The first-order chi connectivity index (χ1) is 12.7. The topological polar surface area (TPSA) is 100 Å². The fourth-order valence-corrected chi connectivity index (χ4v) is 4.37. The van der Waals surface area contributed by atoms with E-state index in [0.717, 1.165) is 4.31 Å². The number of likely N-dealkylation sites (tertiary alicyclic amines) is 1. The van der Waals surface area contributed by atoms with E-state index in [-0.39, 0.29) is 24.7 Å². The second-order valence-electron chi connectivity index (χ2n) is 6.83. The Kier molecular flexibility index (Phi) is 5.36. The molecule has 1 aromatic heterocycles. The molecule has 1 saturated heterocycles. The number of carbonyl (C=O) groups is 1. The highest BCUT2D eigenvalue weighted by Crippen LogP contribution is 2.27. The summed E-state index contributed by atoms with van der Waals surface area (Å²) in [5.74, 6) is -0.693. The molecular weight excluding hydrogens is 370 g/mol. The molecule has 2 heterocycles. The number of pyridine rings is 1. The van der Waals surface area contributed by atoms with Gasteiger partial charge in [-0.1, -0.05) is 18.2 Å². The molecule has 2 atom stereocenters. The van der Waals surface area contributed by atoms with Crippen molar-refractivity contribution in [2.45, 2.75) is 6.10 Å². The first-order valence-corrected chi connectivity index (χ1v) is 10.1. The van der Waals surface area contributed by atoms with Gasteiger partial charge in [-0.3, -0.25) is 4.79 Å². The maximum Gasteiger partial charge on any atom is 0.254 e. The summed E-state index contributed by atoms with van der Waals surface area (Å²) in [4.78, 5) is 18.9. The Bertz CT molecular complexity index is 961. The maximum atomic E-state index is 13.1. The van der Waals surface area contributed by atoms with E-state index in [1.807, 2.05) is 12.1 Å². The van der Waals surface area contributed by atoms with E-state index in [2.05, 4.69) is 4.98 Å². The fourth-order valence-electron chi connectivity index (χ4n) is 3.21. The van der Waals surface area contributed by atoms with Crippen LogP contribution in [0, 0.1) is 5.92 Å². The van der Waals surface area contributed by atoms with E-state index in [4.69, 9.17) is 4.74 Å². The van der Waals surface area contributed by atoms with Gasteiger partial charge in [-0.05, 0) is 6.07 Å². The minimum Gasteiger partial charge on any atom is -0.481 e. The van der Waals surface area contributed by atoms with Crippen molar-refractivity contribution in [2.24, 2.45) is 5.92 Å². The monoisotopic (exact) mass is 393 g/mol. The van der Waals surface area contributed by atoms with Crippen molar-refractivity contribution in [3.05, 3.63) is 35.9 Å². The van der Waals surface area contributed by atoms with Crippen LogP contribution in [0.15, 0.2) is 30.3 Å². The zero-order valence-electron chi connectivity index (χ0n) is 15.5. The summed E-state index contributed by atoms with van der Waals surface area (Å²) >= 11 is 0. The lowest BCUT2D eigenvalue weighted by molar-refractivity contribution is 0.0766. The Morgan fingerprint density at radius 2 is 2.04 bits per heavy atom. The number of sulfonamides is 1. The third-order valence-corrected chi connectivity index (χ3v) is 6.77. The molecule has 0 bridgehead atoms. The van der Waals surface area contributed by atoms with Gasteiger partial charge in [0.1, 0.15) is 0 Å². The number of methoxy groups -OCH3 is 1. The molecule has 0 aliphatic carbocycles. The van der Waals surface area contributed by atoms with Gasteiger partial charge in [0.25, 0.3) is 5.91 Å². The van der Waals surface area contributed by atoms with Gasteiger partial charge in [-0.25, -0.2) is 17.7 Å². The first-order valence-electron chi connectivity index (χ1n) is 8.54. The van der Waals surface area contributed by atoms with Crippen LogP contribution >= 0.6 is 0 Å². The molecule has 1 N–H and O–H groups in total. The van der Waals surface area contributed by atoms with Crippen molar-refractivity contribution in [2.75, 3.05) is 40.0 Å². The third-order valence-electron chi connectivity index (χ3n) is 4.81. The molecule has 1 fully saturated rings. The van der Waals surface area contributed by atoms with Crippen LogP contribution in [0.5, 0.6) is 5.88 Å². The number of rotatable bonds is 5. The molecule has 0 unspecified atom stereocenters. The number of para-hydroxylation sites is 1. The molecular formula is C18H23N3O5S. The van der Waals surface area contributed by atoms with Gasteiger partial charge >= 0.3 is 0 Å². The van der Waals surface area contributed by atoms with Crippen molar-refractivity contribution in [1.82, 2.24) is 14.2 Å². The van der Waals surface area contributed by atoms with E-state index < -0.39 is 22.0 Å². The molecule has 27 heavy (non-hydrogen) atoms. The molecule has 1 amide bonds. The smallest absolute Gasteiger partial charge is 0.254 e. The molecule has 8 nitrogen and oxygen atoms in total. The molecule has 1 aliphatic rings. The molecule has 1 aliphatic heterocycles. The first kappa shape index (κ1) is 19.5. The largest absolute Gasteiger partial charge is 0.481 e. The zero-order chi connectivity index (χ0) is 19.8. The second-order valence-corrected chi connectivity index (χ2v) is 9.06. The number of hydrogen-bond donors (Lipinski definition) is 1.